The summed E-state index contributed by atoms with van der Waals surface area (Å²) in [7, 11) is -0.265. The molecule has 0 aliphatic heterocycles. The monoisotopic (exact) mass is 651 g/mol. The normalized spacial score (nSPS) is 11.5. The molecule has 0 aliphatic carbocycles. The van der Waals surface area contributed by atoms with Crippen LogP contribution >= 0.6 is 23.5 Å². The van der Waals surface area contributed by atoms with Gasteiger partial charge in [-0.3, -0.25) is 9.59 Å². The van der Waals surface area contributed by atoms with Gasteiger partial charge in [0.05, 0.1) is 10.9 Å². The average molecular weight is 652 g/mol. The standard InChI is InChI=1S/C41H31O2S3/c1-29(2)40(42)31-13-17-33(18-14-31)44-35-21-25-38(26-22-35)46(37-11-7-4-8-12-37)39-27-23-36(24-28-39)45-34-19-15-32(16-20-34)41(43)30-9-5-3-6-10-30/h3-28H,1H2,2H3/q+1. The Morgan fingerprint density at radius 1 is 0.457 bits per heavy atom. The van der Waals surface area contributed by atoms with Crippen molar-refractivity contribution < 1.29 is 9.59 Å². The molecule has 0 N–H and O–H groups in total. The molecule has 0 heterocycles. The first-order chi connectivity index (χ1) is 22.4. The summed E-state index contributed by atoms with van der Waals surface area (Å²) >= 11 is 3.37. The van der Waals surface area contributed by atoms with Crippen LogP contribution in [0.3, 0.4) is 0 Å². The number of allylic oxidation sites excluding steroid dienone is 1. The average Bonchev–Trinajstić information content (AvgIpc) is 3.11. The highest BCUT2D eigenvalue weighted by Gasteiger charge is 2.28. The Kier molecular flexibility index (Phi) is 10.0. The van der Waals surface area contributed by atoms with Gasteiger partial charge in [0.2, 0.25) is 0 Å². The highest BCUT2D eigenvalue weighted by Crippen LogP contribution is 2.36. The number of rotatable bonds is 11. The Bertz CT molecular complexity index is 1950. The second-order valence-corrected chi connectivity index (χ2v) is 14.9. The number of benzene rings is 6. The van der Waals surface area contributed by atoms with Gasteiger partial charge in [0.15, 0.2) is 26.3 Å². The van der Waals surface area contributed by atoms with Crippen LogP contribution in [0, 0.1) is 0 Å². The lowest BCUT2D eigenvalue weighted by molar-refractivity contribution is 0.102. The second kappa shape index (κ2) is 14.7. The lowest BCUT2D eigenvalue weighted by Crippen LogP contribution is -2.04. The van der Waals surface area contributed by atoms with Gasteiger partial charge in [-0.05, 0) is 122 Å². The van der Waals surface area contributed by atoms with E-state index in [2.05, 4.69) is 85.4 Å². The lowest BCUT2D eigenvalue weighted by Gasteiger charge is -2.10. The second-order valence-electron chi connectivity index (χ2n) is 10.6. The molecule has 0 aromatic heterocycles. The minimum atomic E-state index is -0.265. The first-order valence-electron chi connectivity index (χ1n) is 14.8. The van der Waals surface area contributed by atoms with E-state index in [1.54, 1.807) is 30.4 Å². The minimum Gasteiger partial charge on any atom is -0.289 e. The van der Waals surface area contributed by atoms with Crippen LogP contribution in [0.5, 0.6) is 0 Å². The van der Waals surface area contributed by atoms with E-state index >= 15 is 0 Å². The summed E-state index contributed by atoms with van der Waals surface area (Å²) in [6.07, 6.45) is 0. The molecule has 0 amide bonds. The minimum absolute atomic E-state index is 0.0219. The molecule has 1 atom stereocenters. The number of ketones is 2. The van der Waals surface area contributed by atoms with Crippen molar-refractivity contribution in [2.75, 3.05) is 0 Å². The van der Waals surface area contributed by atoms with E-state index in [-0.39, 0.29) is 22.5 Å². The van der Waals surface area contributed by atoms with Crippen molar-refractivity contribution in [3.05, 3.63) is 187 Å². The van der Waals surface area contributed by atoms with Gasteiger partial charge in [0.1, 0.15) is 0 Å². The van der Waals surface area contributed by atoms with Crippen LogP contribution in [0.25, 0.3) is 0 Å². The number of carbonyl (C=O) groups excluding carboxylic acids is 2. The SMILES string of the molecule is C=C(C)C(=O)c1ccc(Sc2ccc([S+](c3ccccc3)c3ccc(Sc4ccc(C(=O)c5ccccc5)cc4)cc3)cc2)cc1. The van der Waals surface area contributed by atoms with Crippen molar-refractivity contribution in [1.82, 2.24) is 0 Å². The molecular weight excluding hydrogens is 621 g/mol. The fourth-order valence-electron chi connectivity index (χ4n) is 4.88. The highest BCUT2D eigenvalue weighted by molar-refractivity contribution is 7.99. The van der Waals surface area contributed by atoms with E-state index in [4.69, 9.17) is 0 Å². The van der Waals surface area contributed by atoms with E-state index < -0.39 is 0 Å². The van der Waals surface area contributed by atoms with Crippen LogP contribution in [0.4, 0.5) is 0 Å². The number of Topliss-reactive ketones (excluding diaryl/α,β-unsaturated/α-hetero) is 1. The number of hydrogen-bond donors (Lipinski definition) is 0. The predicted octanol–water partition coefficient (Wildman–Crippen LogP) is 11.1. The summed E-state index contributed by atoms with van der Waals surface area (Å²) in [5.41, 5.74) is 2.59. The third kappa shape index (κ3) is 7.63. The molecule has 0 aliphatic rings. The molecular formula is C41H31O2S3+. The first-order valence-corrected chi connectivity index (χ1v) is 17.7. The summed E-state index contributed by atoms with van der Waals surface area (Å²) in [6.45, 7) is 5.50. The summed E-state index contributed by atoms with van der Waals surface area (Å²) in [6, 6.07) is 53.1. The van der Waals surface area contributed by atoms with Gasteiger partial charge in [-0.15, -0.1) is 0 Å². The van der Waals surface area contributed by atoms with Gasteiger partial charge in [-0.1, -0.05) is 78.6 Å². The Morgan fingerprint density at radius 3 is 1.24 bits per heavy atom. The number of hydrogen-bond acceptors (Lipinski definition) is 4. The van der Waals surface area contributed by atoms with Gasteiger partial charge in [0, 0.05) is 36.3 Å². The fourth-order valence-corrected chi connectivity index (χ4v) is 8.57. The van der Waals surface area contributed by atoms with Gasteiger partial charge in [-0.25, -0.2) is 0 Å². The Morgan fingerprint density at radius 2 is 0.804 bits per heavy atom. The molecule has 0 bridgehead atoms. The van der Waals surface area contributed by atoms with E-state index in [0.717, 1.165) is 19.6 Å². The molecule has 0 radical (unpaired) electrons. The molecule has 1 unspecified atom stereocenters. The van der Waals surface area contributed by atoms with Crippen molar-refractivity contribution in [1.29, 1.82) is 0 Å². The Hall–Kier alpha value is -4.55. The van der Waals surface area contributed by atoms with Gasteiger partial charge in [-0.2, -0.15) is 0 Å². The van der Waals surface area contributed by atoms with Crippen molar-refractivity contribution >= 4 is 46.0 Å². The van der Waals surface area contributed by atoms with Gasteiger partial charge < -0.3 is 0 Å². The van der Waals surface area contributed by atoms with E-state index in [9.17, 15) is 9.59 Å². The van der Waals surface area contributed by atoms with E-state index in [0.29, 0.717) is 22.3 Å². The van der Waals surface area contributed by atoms with Gasteiger partial charge in [0.25, 0.3) is 0 Å². The molecule has 0 fully saturated rings. The fraction of sp³-hybridized carbons (Fsp3) is 0.0244. The molecule has 6 rings (SSSR count). The molecule has 2 nitrogen and oxygen atoms in total. The zero-order chi connectivity index (χ0) is 31.9. The number of carbonyl (C=O) groups is 2. The summed E-state index contributed by atoms with van der Waals surface area (Å²) in [5.74, 6) is 0.0121. The first kappa shape index (κ1) is 31.4. The lowest BCUT2D eigenvalue weighted by atomic mass is 10.0. The molecule has 6 aromatic carbocycles. The molecule has 224 valence electrons. The molecule has 0 saturated carbocycles. The Balaban J connectivity index is 1.17. The van der Waals surface area contributed by atoms with Crippen LogP contribution in [0.15, 0.2) is 204 Å². The van der Waals surface area contributed by atoms with Crippen LogP contribution in [-0.2, 0) is 10.9 Å². The van der Waals surface area contributed by atoms with Crippen molar-refractivity contribution in [3.8, 4) is 0 Å². The maximum absolute atomic E-state index is 12.8. The van der Waals surface area contributed by atoms with Crippen molar-refractivity contribution in [2.24, 2.45) is 0 Å². The smallest absolute Gasteiger partial charge is 0.193 e. The topological polar surface area (TPSA) is 34.1 Å². The summed E-state index contributed by atoms with van der Waals surface area (Å²) < 4.78 is 0. The van der Waals surface area contributed by atoms with Crippen LogP contribution in [0.1, 0.15) is 33.2 Å². The third-order valence-corrected chi connectivity index (χ3v) is 11.5. The highest BCUT2D eigenvalue weighted by atomic mass is 32.2. The van der Waals surface area contributed by atoms with Crippen molar-refractivity contribution in [3.63, 3.8) is 0 Å². The maximum Gasteiger partial charge on any atom is 0.193 e. The molecule has 6 aromatic rings. The van der Waals surface area contributed by atoms with E-state index in [1.165, 1.54) is 14.7 Å². The maximum atomic E-state index is 12.8. The van der Waals surface area contributed by atoms with E-state index in [1.807, 2.05) is 78.9 Å². The van der Waals surface area contributed by atoms with Crippen molar-refractivity contribution in [2.45, 2.75) is 41.2 Å². The van der Waals surface area contributed by atoms with Gasteiger partial charge >= 0.3 is 0 Å². The van der Waals surface area contributed by atoms with Crippen LogP contribution in [0.2, 0.25) is 0 Å². The largest absolute Gasteiger partial charge is 0.289 e. The van der Waals surface area contributed by atoms with Crippen LogP contribution < -0.4 is 0 Å². The Labute approximate surface area is 282 Å². The molecule has 0 saturated heterocycles. The predicted molar refractivity (Wildman–Crippen MR) is 192 cm³/mol. The third-order valence-electron chi connectivity index (χ3n) is 7.23. The summed E-state index contributed by atoms with van der Waals surface area (Å²) in [4.78, 5) is 33.2. The summed E-state index contributed by atoms with van der Waals surface area (Å²) in [5, 5.41) is 0. The quantitative estimate of drug-likeness (QED) is 0.0793. The molecule has 46 heavy (non-hydrogen) atoms. The zero-order valence-electron chi connectivity index (χ0n) is 25.3. The molecule has 5 heteroatoms. The van der Waals surface area contributed by atoms with Crippen LogP contribution in [-0.4, -0.2) is 11.6 Å². The molecule has 0 spiro atoms. The zero-order valence-corrected chi connectivity index (χ0v) is 27.7.